The molecule has 0 aromatic carbocycles. The normalized spacial score (nSPS) is 10.7. The molecule has 0 spiro atoms. The molecule has 0 aromatic rings. The molecule has 0 atom stereocenters. The predicted molar refractivity (Wildman–Crippen MR) is 51.1 cm³/mol. The highest BCUT2D eigenvalue weighted by molar-refractivity contribution is 5.77. The summed E-state index contributed by atoms with van der Waals surface area (Å²) in [4.78, 5) is 12.7. The van der Waals surface area contributed by atoms with Gasteiger partial charge in [-0.3, -0.25) is 9.69 Å². The van der Waals surface area contributed by atoms with Gasteiger partial charge in [0.05, 0.1) is 6.54 Å². The van der Waals surface area contributed by atoms with E-state index in [1.165, 1.54) is 12.8 Å². The second-order valence-corrected chi connectivity index (χ2v) is 3.23. The molecule has 0 saturated heterocycles. The molecule has 0 heterocycles. The molecule has 0 unspecified atom stereocenters. The van der Waals surface area contributed by atoms with Crippen molar-refractivity contribution in [3.05, 3.63) is 0 Å². The number of ketones is 1. The number of rotatable bonds is 7. The van der Waals surface area contributed by atoms with Crippen LogP contribution in [-0.2, 0) is 4.79 Å². The van der Waals surface area contributed by atoms with Crippen molar-refractivity contribution in [3.63, 3.8) is 0 Å². The molecule has 0 rings (SSSR count). The monoisotopic (exact) mass is 172 g/mol. The summed E-state index contributed by atoms with van der Waals surface area (Å²) in [5, 5.41) is 3.27. The van der Waals surface area contributed by atoms with E-state index in [2.05, 4.69) is 12.2 Å². The summed E-state index contributed by atoms with van der Waals surface area (Å²) in [6.45, 7) is 6.17. The van der Waals surface area contributed by atoms with Gasteiger partial charge in [0.2, 0.25) is 0 Å². The first-order valence-electron chi connectivity index (χ1n) is 4.55. The van der Waals surface area contributed by atoms with E-state index >= 15 is 0 Å². The fourth-order valence-corrected chi connectivity index (χ4v) is 1.01. The lowest BCUT2D eigenvalue weighted by molar-refractivity contribution is -0.117. The third-order valence-corrected chi connectivity index (χ3v) is 1.58. The molecular formula is C9H20N2O. The van der Waals surface area contributed by atoms with Crippen LogP contribution in [0, 0.1) is 0 Å². The topological polar surface area (TPSA) is 32.3 Å². The molecule has 3 heteroatoms. The first-order valence-corrected chi connectivity index (χ1v) is 4.55. The van der Waals surface area contributed by atoms with Crippen molar-refractivity contribution < 1.29 is 4.79 Å². The molecule has 0 aliphatic carbocycles. The van der Waals surface area contributed by atoms with Gasteiger partial charge in [-0.2, -0.15) is 0 Å². The molecule has 0 aliphatic heterocycles. The van der Waals surface area contributed by atoms with Crippen molar-refractivity contribution in [3.8, 4) is 0 Å². The van der Waals surface area contributed by atoms with Gasteiger partial charge in [0, 0.05) is 6.67 Å². The van der Waals surface area contributed by atoms with Crippen LogP contribution in [0.5, 0.6) is 0 Å². The van der Waals surface area contributed by atoms with Gasteiger partial charge in [-0.15, -0.1) is 0 Å². The average Bonchev–Trinajstić information content (AvgIpc) is 1.97. The Morgan fingerprint density at radius 1 is 1.50 bits per heavy atom. The Morgan fingerprint density at radius 2 is 2.17 bits per heavy atom. The number of carbonyl (C=O) groups is 1. The zero-order chi connectivity index (χ0) is 9.40. The van der Waals surface area contributed by atoms with Crippen molar-refractivity contribution in [1.29, 1.82) is 0 Å². The van der Waals surface area contributed by atoms with Gasteiger partial charge in [0.1, 0.15) is 5.78 Å². The average molecular weight is 172 g/mol. The standard InChI is InChI=1S/C9H20N2O/c1-4-5-6-10-8-11(3)7-9(2)12/h10H,4-8H2,1-3H3. The quantitative estimate of drug-likeness (QED) is 0.456. The van der Waals surface area contributed by atoms with E-state index in [0.717, 1.165) is 13.2 Å². The first kappa shape index (κ1) is 11.6. The van der Waals surface area contributed by atoms with Gasteiger partial charge in [-0.25, -0.2) is 0 Å². The Hall–Kier alpha value is -0.410. The van der Waals surface area contributed by atoms with Gasteiger partial charge in [0.25, 0.3) is 0 Å². The van der Waals surface area contributed by atoms with E-state index in [1.54, 1.807) is 6.92 Å². The smallest absolute Gasteiger partial charge is 0.143 e. The molecule has 0 aliphatic rings. The lowest BCUT2D eigenvalue weighted by Gasteiger charge is -2.15. The SMILES string of the molecule is CCCCNCN(C)CC(C)=O. The minimum absolute atomic E-state index is 0.217. The van der Waals surface area contributed by atoms with E-state index in [9.17, 15) is 4.79 Å². The van der Waals surface area contributed by atoms with E-state index in [0.29, 0.717) is 6.54 Å². The number of hydrogen-bond acceptors (Lipinski definition) is 3. The third kappa shape index (κ3) is 7.69. The second-order valence-electron chi connectivity index (χ2n) is 3.23. The number of nitrogens with zero attached hydrogens (tertiary/aromatic N) is 1. The molecule has 0 radical (unpaired) electrons. The Balaban J connectivity index is 3.19. The maximum atomic E-state index is 10.7. The largest absolute Gasteiger partial charge is 0.304 e. The fraction of sp³-hybridized carbons (Fsp3) is 0.889. The minimum Gasteiger partial charge on any atom is -0.304 e. The fourth-order valence-electron chi connectivity index (χ4n) is 1.01. The van der Waals surface area contributed by atoms with Crippen molar-refractivity contribution >= 4 is 5.78 Å². The van der Waals surface area contributed by atoms with Crippen molar-refractivity contribution in [2.45, 2.75) is 26.7 Å². The van der Waals surface area contributed by atoms with Crippen LogP contribution >= 0.6 is 0 Å². The van der Waals surface area contributed by atoms with Crippen LogP contribution in [0.15, 0.2) is 0 Å². The summed E-state index contributed by atoms with van der Waals surface area (Å²) in [6.07, 6.45) is 2.41. The van der Waals surface area contributed by atoms with Gasteiger partial charge in [0.15, 0.2) is 0 Å². The van der Waals surface area contributed by atoms with Crippen LogP contribution in [0.3, 0.4) is 0 Å². The zero-order valence-electron chi connectivity index (χ0n) is 8.39. The molecule has 72 valence electrons. The highest BCUT2D eigenvalue weighted by Crippen LogP contribution is 1.84. The Kier molecular flexibility index (Phi) is 7.00. The molecule has 12 heavy (non-hydrogen) atoms. The highest BCUT2D eigenvalue weighted by atomic mass is 16.1. The van der Waals surface area contributed by atoms with Crippen molar-refractivity contribution in [2.24, 2.45) is 0 Å². The number of nitrogens with one attached hydrogen (secondary N) is 1. The molecule has 1 N–H and O–H groups in total. The van der Waals surface area contributed by atoms with Gasteiger partial charge in [-0.05, 0) is 26.9 Å². The van der Waals surface area contributed by atoms with Crippen LogP contribution in [-0.4, -0.2) is 37.5 Å². The van der Waals surface area contributed by atoms with Gasteiger partial charge in [-0.1, -0.05) is 13.3 Å². The first-order chi connectivity index (χ1) is 5.66. The Bertz CT molecular complexity index is 126. The maximum absolute atomic E-state index is 10.7. The number of carbonyl (C=O) groups excluding carboxylic acids is 1. The summed E-state index contributed by atoms with van der Waals surface area (Å²) in [7, 11) is 1.94. The molecule has 3 nitrogen and oxygen atoms in total. The third-order valence-electron chi connectivity index (χ3n) is 1.58. The summed E-state index contributed by atoms with van der Waals surface area (Å²) >= 11 is 0. The number of likely N-dealkylation sites (N-methyl/N-ethyl adjacent to an activating group) is 1. The number of unbranched alkanes of at least 4 members (excludes halogenated alkanes) is 1. The Morgan fingerprint density at radius 3 is 2.67 bits per heavy atom. The summed E-state index contributed by atoms with van der Waals surface area (Å²) < 4.78 is 0. The summed E-state index contributed by atoms with van der Waals surface area (Å²) in [5.74, 6) is 0.217. The lowest BCUT2D eigenvalue weighted by Crippen LogP contribution is -2.34. The van der Waals surface area contributed by atoms with E-state index in [-0.39, 0.29) is 5.78 Å². The van der Waals surface area contributed by atoms with Gasteiger partial charge < -0.3 is 5.32 Å². The highest BCUT2D eigenvalue weighted by Gasteiger charge is 1.99. The zero-order valence-corrected chi connectivity index (χ0v) is 8.39. The second kappa shape index (κ2) is 7.25. The molecule has 0 saturated carbocycles. The molecular weight excluding hydrogens is 152 g/mol. The van der Waals surface area contributed by atoms with Gasteiger partial charge >= 0.3 is 0 Å². The maximum Gasteiger partial charge on any atom is 0.143 e. The predicted octanol–water partition coefficient (Wildman–Crippen LogP) is 0.854. The van der Waals surface area contributed by atoms with E-state index in [4.69, 9.17) is 0 Å². The summed E-state index contributed by atoms with van der Waals surface area (Å²) in [5.41, 5.74) is 0. The molecule has 0 amide bonds. The molecule has 0 bridgehead atoms. The lowest BCUT2D eigenvalue weighted by atomic mass is 10.3. The summed E-state index contributed by atoms with van der Waals surface area (Å²) in [6, 6.07) is 0. The van der Waals surface area contributed by atoms with Crippen LogP contribution in [0.4, 0.5) is 0 Å². The Labute approximate surface area is 75.1 Å². The molecule has 0 fully saturated rings. The van der Waals surface area contributed by atoms with Crippen LogP contribution < -0.4 is 5.32 Å². The number of Topliss-reactive ketones (excluding diaryl/α,β-unsaturated/α-hetero) is 1. The van der Waals surface area contributed by atoms with Crippen molar-refractivity contribution in [2.75, 3.05) is 26.8 Å². The minimum atomic E-state index is 0.217. The van der Waals surface area contributed by atoms with Crippen LogP contribution in [0.25, 0.3) is 0 Å². The van der Waals surface area contributed by atoms with Crippen LogP contribution in [0.2, 0.25) is 0 Å². The van der Waals surface area contributed by atoms with E-state index in [1.807, 2.05) is 11.9 Å². The number of hydrogen-bond donors (Lipinski definition) is 1. The molecule has 0 aromatic heterocycles. The van der Waals surface area contributed by atoms with Crippen molar-refractivity contribution in [1.82, 2.24) is 10.2 Å². The van der Waals surface area contributed by atoms with E-state index < -0.39 is 0 Å². The van der Waals surface area contributed by atoms with Crippen LogP contribution in [0.1, 0.15) is 26.7 Å².